The van der Waals surface area contributed by atoms with Crippen molar-refractivity contribution in [1.82, 2.24) is 15.1 Å². The van der Waals surface area contributed by atoms with E-state index >= 15 is 0 Å². The molecule has 0 saturated heterocycles. The van der Waals surface area contributed by atoms with E-state index in [1.54, 1.807) is 31.3 Å². The Bertz CT molecular complexity index is 913. The maximum atomic E-state index is 12.4. The highest BCUT2D eigenvalue weighted by molar-refractivity contribution is 6.42. The molecule has 3 aromatic rings. The van der Waals surface area contributed by atoms with Crippen LogP contribution >= 0.6 is 23.2 Å². The number of aromatic nitrogens is 2. The SMILES string of the molecule is CC(Oc1cccc(Cl)c1Cl)C(=O)NCc1ccccc1Cn1cccn1. The average molecular weight is 404 g/mol. The fraction of sp³-hybridized carbons (Fsp3) is 0.200. The Morgan fingerprint density at radius 2 is 1.93 bits per heavy atom. The first-order valence-corrected chi connectivity index (χ1v) is 9.23. The van der Waals surface area contributed by atoms with Crippen LogP contribution in [0.1, 0.15) is 18.1 Å². The Morgan fingerprint density at radius 3 is 2.67 bits per heavy atom. The summed E-state index contributed by atoms with van der Waals surface area (Å²) >= 11 is 12.1. The average Bonchev–Trinajstić information content (AvgIpc) is 3.17. The molecule has 0 aliphatic heterocycles. The molecule has 0 spiro atoms. The summed E-state index contributed by atoms with van der Waals surface area (Å²) in [5.74, 6) is 0.144. The fourth-order valence-corrected chi connectivity index (χ4v) is 2.93. The van der Waals surface area contributed by atoms with Crippen LogP contribution < -0.4 is 10.1 Å². The summed E-state index contributed by atoms with van der Waals surface area (Å²) in [5.41, 5.74) is 2.11. The molecular formula is C20H19Cl2N3O2. The molecule has 3 rings (SSSR count). The Morgan fingerprint density at radius 1 is 1.15 bits per heavy atom. The number of hydrogen-bond acceptors (Lipinski definition) is 3. The molecule has 1 unspecified atom stereocenters. The van der Waals surface area contributed by atoms with Gasteiger partial charge >= 0.3 is 0 Å². The maximum Gasteiger partial charge on any atom is 0.261 e. The minimum atomic E-state index is -0.709. The first-order valence-electron chi connectivity index (χ1n) is 8.47. The smallest absolute Gasteiger partial charge is 0.261 e. The molecule has 1 N–H and O–H groups in total. The lowest BCUT2D eigenvalue weighted by atomic mass is 10.1. The van der Waals surface area contributed by atoms with Crippen molar-refractivity contribution in [3.8, 4) is 5.75 Å². The van der Waals surface area contributed by atoms with E-state index in [-0.39, 0.29) is 5.91 Å². The molecule has 0 fully saturated rings. The second kappa shape index (κ2) is 8.93. The molecule has 0 saturated carbocycles. The Labute approximate surface area is 167 Å². The van der Waals surface area contributed by atoms with Crippen LogP contribution in [0.25, 0.3) is 0 Å². The number of hydrogen-bond donors (Lipinski definition) is 1. The molecular weight excluding hydrogens is 385 g/mol. The zero-order valence-electron chi connectivity index (χ0n) is 14.7. The van der Waals surface area contributed by atoms with Gasteiger partial charge in [0.25, 0.3) is 5.91 Å². The van der Waals surface area contributed by atoms with Crippen molar-refractivity contribution in [3.63, 3.8) is 0 Å². The fourth-order valence-electron chi connectivity index (χ4n) is 2.60. The van der Waals surface area contributed by atoms with Crippen molar-refractivity contribution < 1.29 is 9.53 Å². The monoisotopic (exact) mass is 403 g/mol. The number of halogens is 2. The van der Waals surface area contributed by atoms with Crippen LogP contribution in [0.3, 0.4) is 0 Å². The summed E-state index contributed by atoms with van der Waals surface area (Å²) in [6.45, 7) is 2.71. The lowest BCUT2D eigenvalue weighted by molar-refractivity contribution is -0.127. The molecule has 0 radical (unpaired) electrons. The van der Waals surface area contributed by atoms with Gasteiger partial charge in [0, 0.05) is 18.9 Å². The summed E-state index contributed by atoms with van der Waals surface area (Å²) < 4.78 is 7.49. The normalized spacial score (nSPS) is 11.8. The van der Waals surface area contributed by atoms with Gasteiger partial charge in [0.1, 0.15) is 10.8 Å². The number of benzene rings is 2. The number of ether oxygens (including phenoxy) is 1. The Balaban J connectivity index is 1.61. The molecule has 140 valence electrons. The van der Waals surface area contributed by atoms with Crippen molar-refractivity contribution >= 4 is 29.1 Å². The number of amides is 1. The third-order valence-electron chi connectivity index (χ3n) is 4.05. The zero-order valence-corrected chi connectivity index (χ0v) is 16.2. The first-order chi connectivity index (χ1) is 13.0. The largest absolute Gasteiger partial charge is 0.479 e. The number of nitrogens with one attached hydrogen (secondary N) is 1. The lowest BCUT2D eigenvalue weighted by Gasteiger charge is -2.17. The van der Waals surface area contributed by atoms with E-state index in [4.69, 9.17) is 27.9 Å². The molecule has 1 atom stereocenters. The number of carbonyl (C=O) groups excluding carboxylic acids is 1. The molecule has 27 heavy (non-hydrogen) atoms. The van der Waals surface area contributed by atoms with E-state index in [0.29, 0.717) is 28.9 Å². The van der Waals surface area contributed by atoms with Gasteiger partial charge in [-0.05, 0) is 36.2 Å². The third kappa shape index (κ3) is 5.02. The molecule has 5 nitrogen and oxygen atoms in total. The van der Waals surface area contributed by atoms with Crippen molar-refractivity contribution in [1.29, 1.82) is 0 Å². The molecule has 0 aliphatic rings. The lowest BCUT2D eigenvalue weighted by Crippen LogP contribution is -2.36. The van der Waals surface area contributed by atoms with E-state index in [1.807, 2.05) is 41.2 Å². The second-order valence-corrected chi connectivity index (χ2v) is 6.79. The number of carbonyl (C=O) groups is 1. The molecule has 1 amide bonds. The van der Waals surface area contributed by atoms with Crippen molar-refractivity contribution in [2.45, 2.75) is 26.1 Å². The summed E-state index contributed by atoms with van der Waals surface area (Å²) in [4.78, 5) is 12.4. The molecule has 0 bridgehead atoms. The van der Waals surface area contributed by atoms with Gasteiger partial charge in [-0.15, -0.1) is 0 Å². The van der Waals surface area contributed by atoms with Gasteiger partial charge in [-0.3, -0.25) is 9.48 Å². The minimum absolute atomic E-state index is 0.236. The standard InChI is InChI=1S/C20H19Cl2N3O2/c1-14(27-18-9-4-8-17(21)19(18)22)20(26)23-12-15-6-2-3-7-16(15)13-25-11-5-10-24-25/h2-11,14H,12-13H2,1H3,(H,23,26). The van der Waals surface area contributed by atoms with Crippen LogP contribution in [-0.2, 0) is 17.9 Å². The maximum absolute atomic E-state index is 12.4. The van der Waals surface area contributed by atoms with E-state index < -0.39 is 6.10 Å². The molecule has 1 aromatic heterocycles. The van der Waals surface area contributed by atoms with Crippen molar-refractivity contribution in [3.05, 3.63) is 82.1 Å². The van der Waals surface area contributed by atoms with Gasteiger partial charge in [0.05, 0.1) is 11.6 Å². The van der Waals surface area contributed by atoms with Crippen LogP contribution in [0, 0.1) is 0 Å². The van der Waals surface area contributed by atoms with E-state index in [2.05, 4.69) is 10.4 Å². The third-order valence-corrected chi connectivity index (χ3v) is 4.85. The van der Waals surface area contributed by atoms with E-state index in [0.717, 1.165) is 11.1 Å². The van der Waals surface area contributed by atoms with Crippen LogP contribution in [-0.4, -0.2) is 21.8 Å². The summed E-state index contributed by atoms with van der Waals surface area (Å²) in [6.07, 6.45) is 2.93. The van der Waals surface area contributed by atoms with Crippen LogP contribution in [0.15, 0.2) is 60.9 Å². The van der Waals surface area contributed by atoms with Gasteiger partial charge in [-0.2, -0.15) is 5.10 Å². The van der Waals surface area contributed by atoms with E-state index in [1.165, 1.54) is 0 Å². The minimum Gasteiger partial charge on any atom is -0.479 e. The van der Waals surface area contributed by atoms with Crippen LogP contribution in [0.5, 0.6) is 5.75 Å². The number of nitrogens with zero attached hydrogens (tertiary/aromatic N) is 2. The Kier molecular flexibility index (Phi) is 6.37. The highest BCUT2D eigenvalue weighted by Crippen LogP contribution is 2.32. The van der Waals surface area contributed by atoms with Crippen molar-refractivity contribution in [2.75, 3.05) is 0 Å². The summed E-state index contributed by atoms with van der Waals surface area (Å²) in [6, 6.07) is 14.9. The second-order valence-electron chi connectivity index (χ2n) is 6.00. The highest BCUT2D eigenvalue weighted by atomic mass is 35.5. The van der Waals surface area contributed by atoms with Gasteiger partial charge < -0.3 is 10.1 Å². The molecule has 0 aliphatic carbocycles. The van der Waals surface area contributed by atoms with E-state index in [9.17, 15) is 4.79 Å². The van der Waals surface area contributed by atoms with Crippen LogP contribution in [0.2, 0.25) is 10.0 Å². The number of rotatable bonds is 7. The van der Waals surface area contributed by atoms with Crippen LogP contribution in [0.4, 0.5) is 0 Å². The predicted molar refractivity (Wildman–Crippen MR) is 106 cm³/mol. The van der Waals surface area contributed by atoms with Gasteiger partial charge in [0.15, 0.2) is 6.10 Å². The Hall–Kier alpha value is -2.50. The van der Waals surface area contributed by atoms with Gasteiger partial charge in [0.2, 0.25) is 0 Å². The summed E-state index contributed by atoms with van der Waals surface area (Å²) in [7, 11) is 0. The van der Waals surface area contributed by atoms with Gasteiger partial charge in [-0.1, -0.05) is 53.5 Å². The zero-order chi connectivity index (χ0) is 19.2. The first kappa shape index (κ1) is 19.3. The summed E-state index contributed by atoms with van der Waals surface area (Å²) in [5, 5.41) is 7.81. The topological polar surface area (TPSA) is 56.1 Å². The molecule has 2 aromatic carbocycles. The molecule has 7 heteroatoms. The predicted octanol–water partition coefficient (Wildman–Crippen LogP) is 4.32. The van der Waals surface area contributed by atoms with Gasteiger partial charge in [-0.25, -0.2) is 0 Å². The molecule has 1 heterocycles. The van der Waals surface area contributed by atoms with Crippen molar-refractivity contribution in [2.24, 2.45) is 0 Å². The highest BCUT2D eigenvalue weighted by Gasteiger charge is 2.17. The quantitative estimate of drug-likeness (QED) is 0.638.